The molecule has 0 radical (unpaired) electrons. The van der Waals surface area contributed by atoms with E-state index in [9.17, 15) is 0 Å². The summed E-state index contributed by atoms with van der Waals surface area (Å²) in [6.07, 6.45) is 4.10. The highest BCUT2D eigenvalue weighted by molar-refractivity contribution is 4.93. The van der Waals surface area contributed by atoms with E-state index in [1.54, 1.807) is 0 Å². The van der Waals surface area contributed by atoms with Gasteiger partial charge in [-0.15, -0.1) is 0 Å². The van der Waals surface area contributed by atoms with Crippen molar-refractivity contribution in [3.8, 4) is 0 Å². The summed E-state index contributed by atoms with van der Waals surface area (Å²) in [5.41, 5.74) is 0. The van der Waals surface area contributed by atoms with Gasteiger partial charge in [0.15, 0.2) is 0 Å². The monoisotopic (exact) mass is 297 g/mol. The van der Waals surface area contributed by atoms with Gasteiger partial charge in [0.05, 0.1) is 0 Å². The Labute approximate surface area is 133 Å². The van der Waals surface area contributed by atoms with E-state index in [1.165, 1.54) is 19.3 Å². The van der Waals surface area contributed by atoms with Gasteiger partial charge in [0.1, 0.15) is 0 Å². The van der Waals surface area contributed by atoms with Crippen LogP contribution in [0.3, 0.4) is 0 Å². The van der Waals surface area contributed by atoms with Gasteiger partial charge in [0, 0.05) is 24.7 Å². The maximum Gasteiger partial charge on any atom is 0.0255 e. The van der Waals surface area contributed by atoms with E-state index in [1.807, 2.05) is 0 Å². The standard InChI is InChI=1S/C18H39N3/c1-8-19-17-11-10-16(14(3)4)12-18(17)21(9-2)15(5)13-20(6)7/h14-19H,8-13H2,1-7H3. The Hall–Kier alpha value is -0.120. The van der Waals surface area contributed by atoms with Crippen LogP contribution in [-0.2, 0) is 0 Å². The predicted molar refractivity (Wildman–Crippen MR) is 93.8 cm³/mol. The molecule has 3 heteroatoms. The van der Waals surface area contributed by atoms with E-state index < -0.39 is 0 Å². The first-order valence-electron chi connectivity index (χ1n) is 9.04. The fourth-order valence-electron chi connectivity index (χ4n) is 4.16. The Balaban J connectivity index is 2.81. The van der Waals surface area contributed by atoms with Crippen molar-refractivity contribution in [3.05, 3.63) is 0 Å². The molecule has 0 aromatic heterocycles. The fraction of sp³-hybridized carbons (Fsp3) is 1.00. The van der Waals surface area contributed by atoms with Crippen LogP contribution in [-0.4, -0.2) is 61.7 Å². The zero-order valence-corrected chi connectivity index (χ0v) is 15.5. The summed E-state index contributed by atoms with van der Waals surface area (Å²) in [6.45, 7) is 15.2. The normalized spacial score (nSPS) is 28.6. The van der Waals surface area contributed by atoms with Crippen LogP contribution in [0.2, 0.25) is 0 Å². The van der Waals surface area contributed by atoms with E-state index >= 15 is 0 Å². The van der Waals surface area contributed by atoms with Crippen molar-refractivity contribution in [2.75, 3.05) is 33.7 Å². The van der Waals surface area contributed by atoms with Crippen molar-refractivity contribution >= 4 is 0 Å². The van der Waals surface area contributed by atoms with Gasteiger partial charge in [-0.1, -0.05) is 27.7 Å². The molecule has 1 fully saturated rings. The predicted octanol–water partition coefficient (Wildman–Crippen LogP) is 3.06. The van der Waals surface area contributed by atoms with E-state index in [4.69, 9.17) is 0 Å². The molecule has 1 aliphatic carbocycles. The number of nitrogens with zero attached hydrogens (tertiary/aromatic N) is 2. The first-order chi connectivity index (χ1) is 9.90. The average molecular weight is 298 g/mol. The topological polar surface area (TPSA) is 18.5 Å². The highest BCUT2D eigenvalue weighted by Crippen LogP contribution is 2.33. The van der Waals surface area contributed by atoms with Crippen molar-refractivity contribution in [2.24, 2.45) is 11.8 Å². The number of hydrogen-bond donors (Lipinski definition) is 1. The SMILES string of the molecule is CCNC1CCC(C(C)C)CC1N(CC)C(C)CN(C)C. The van der Waals surface area contributed by atoms with Crippen LogP contribution in [0.4, 0.5) is 0 Å². The molecule has 1 N–H and O–H groups in total. The molecule has 1 rings (SSSR count). The molecule has 126 valence electrons. The molecule has 0 saturated heterocycles. The van der Waals surface area contributed by atoms with E-state index in [2.05, 4.69) is 63.8 Å². The Morgan fingerprint density at radius 3 is 2.24 bits per heavy atom. The minimum Gasteiger partial charge on any atom is -0.313 e. The second kappa shape index (κ2) is 9.12. The lowest BCUT2D eigenvalue weighted by Gasteiger charge is -2.46. The minimum atomic E-state index is 0.627. The number of nitrogens with one attached hydrogen (secondary N) is 1. The second-order valence-electron chi connectivity index (χ2n) is 7.49. The maximum absolute atomic E-state index is 3.76. The molecule has 0 aromatic carbocycles. The lowest BCUT2D eigenvalue weighted by atomic mass is 9.76. The number of hydrogen-bond acceptors (Lipinski definition) is 3. The molecular formula is C18H39N3. The molecule has 4 unspecified atom stereocenters. The molecule has 1 saturated carbocycles. The Morgan fingerprint density at radius 2 is 1.76 bits per heavy atom. The largest absolute Gasteiger partial charge is 0.313 e. The summed E-state index contributed by atoms with van der Waals surface area (Å²) < 4.78 is 0. The van der Waals surface area contributed by atoms with E-state index in [0.717, 1.165) is 31.5 Å². The smallest absolute Gasteiger partial charge is 0.0255 e. The third kappa shape index (κ3) is 5.54. The average Bonchev–Trinajstić information content (AvgIpc) is 2.40. The first-order valence-corrected chi connectivity index (χ1v) is 9.04. The van der Waals surface area contributed by atoms with Crippen molar-refractivity contribution in [3.63, 3.8) is 0 Å². The van der Waals surface area contributed by atoms with Crippen molar-refractivity contribution in [2.45, 2.75) is 72.0 Å². The van der Waals surface area contributed by atoms with Gasteiger partial charge in [0.2, 0.25) is 0 Å². The van der Waals surface area contributed by atoms with Crippen LogP contribution >= 0.6 is 0 Å². The van der Waals surface area contributed by atoms with Crippen molar-refractivity contribution in [1.82, 2.24) is 15.1 Å². The summed E-state index contributed by atoms with van der Waals surface area (Å²) >= 11 is 0. The zero-order valence-electron chi connectivity index (χ0n) is 15.5. The van der Waals surface area contributed by atoms with Crippen LogP contribution in [0.1, 0.15) is 53.9 Å². The van der Waals surface area contributed by atoms with Gasteiger partial charge in [0.25, 0.3) is 0 Å². The van der Waals surface area contributed by atoms with Crippen LogP contribution in [0, 0.1) is 11.8 Å². The molecule has 4 atom stereocenters. The van der Waals surface area contributed by atoms with Crippen LogP contribution in [0.5, 0.6) is 0 Å². The third-order valence-electron chi connectivity index (χ3n) is 5.25. The van der Waals surface area contributed by atoms with Crippen molar-refractivity contribution < 1.29 is 0 Å². The molecular weight excluding hydrogens is 258 g/mol. The quantitative estimate of drug-likeness (QED) is 0.743. The van der Waals surface area contributed by atoms with E-state index in [0.29, 0.717) is 18.1 Å². The summed E-state index contributed by atoms with van der Waals surface area (Å²) in [7, 11) is 4.37. The van der Waals surface area contributed by atoms with Gasteiger partial charge in [-0.3, -0.25) is 4.90 Å². The first kappa shape index (κ1) is 18.9. The Bertz CT molecular complexity index is 278. The van der Waals surface area contributed by atoms with Gasteiger partial charge in [-0.05, 0) is 65.2 Å². The molecule has 1 aliphatic rings. The molecule has 0 amide bonds. The molecule has 0 aliphatic heterocycles. The zero-order chi connectivity index (χ0) is 16.0. The lowest BCUT2D eigenvalue weighted by molar-refractivity contribution is 0.0511. The van der Waals surface area contributed by atoms with Crippen LogP contribution in [0.25, 0.3) is 0 Å². The summed E-state index contributed by atoms with van der Waals surface area (Å²) in [5, 5.41) is 3.76. The fourth-order valence-corrected chi connectivity index (χ4v) is 4.16. The van der Waals surface area contributed by atoms with Gasteiger partial charge >= 0.3 is 0 Å². The molecule has 0 heterocycles. The van der Waals surface area contributed by atoms with Gasteiger partial charge < -0.3 is 10.2 Å². The molecule has 0 aromatic rings. The summed E-state index contributed by atoms with van der Waals surface area (Å²) in [6, 6.07) is 2.00. The summed E-state index contributed by atoms with van der Waals surface area (Å²) in [4.78, 5) is 5.07. The highest BCUT2D eigenvalue weighted by atomic mass is 15.2. The third-order valence-corrected chi connectivity index (χ3v) is 5.25. The molecule has 0 spiro atoms. The molecule has 3 nitrogen and oxygen atoms in total. The molecule has 0 bridgehead atoms. The second-order valence-corrected chi connectivity index (χ2v) is 7.49. The van der Waals surface area contributed by atoms with E-state index in [-0.39, 0.29) is 0 Å². The highest BCUT2D eigenvalue weighted by Gasteiger charge is 2.36. The molecule has 21 heavy (non-hydrogen) atoms. The summed E-state index contributed by atoms with van der Waals surface area (Å²) in [5.74, 6) is 1.71. The van der Waals surface area contributed by atoms with Gasteiger partial charge in [-0.2, -0.15) is 0 Å². The maximum atomic E-state index is 3.76. The van der Waals surface area contributed by atoms with Crippen LogP contribution in [0.15, 0.2) is 0 Å². The number of likely N-dealkylation sites (N-methyl/N-ethyl adjacent to an activating group) is 3. The van der Waals surface area contributed by atoms with Gasteiger partial charge in [-0.25, -0.2) is 0 Å². The lowest BCUT2D eigenvalue weighted by Crippen LogP contribution is -2.57. The Kier molecular flexibility index (Phi) is 8.22. The van der Waals surface area contributed by atoms with Crippen LogP contribution < -0.4 is 5.32 Å². The van der Waals surface area contributed by atoms with Crippen molar-refractivity contribution in [1.29, 1.82) is 0 Å². The number of rotatable bonds is 8. The minimum absolute atomic E-state index is 0.627. The Morgan fingerprint density at radius 1 is 1.10 bits per heavy atom.